The zero-order valence-corrected chi connectivity index (χ0v) is 12.4. The lowest BCUT2D eigenvalue weighted by Gasteiger charge is -2.24. The molecule has 1 heterocycles. The predicted octanol–water partition coefficient (Wildman–Crippen LogP) is 1.37. The Labute approximate surface area is 120 Å². The van der Waals surface area contributed by atoms with Crippen molar-refractivity contribution in [2.45, 2.75) is 19.9 Å². The Hall–Kier alpha value is -1.59. The first-order valence-corrected chi connectivity index (χ1v) is 7.13. The lowest BCUT2D eigenvalue weighted by atomic mass is 10.1. The number of benzene rings is 1. The van der Waals surface area contributed by atoms with Crippen molar-refractivity contribution in [2.75, 3.05) is 33.3 Å². The lowest BCUT2D eigenvalue weighted by Crippen LogP contribution is -2.38. The first kappa shape index (κ1) is 14.8. The molecule has 0 bridgehead atoms. The molecule has 0 spiro atoms. The van der Waals surface area contributed by atoms with E-state index in [1.807, 2.05) is 12.1 Å². The first-order valence-electron chi connectivity index (χ1n) is 7.13. The van der Waals surface area contributed by atoms with E-state index < -0.39 is 0 Å². The summed E-state index contributed by atoms with van der Waals surface area (Å²) < 4.78 is 5.23. The molecule has 0 aliphatic carbocycles. The SMILES string of the molecule is CCN1CC(NC(=O)c2ccccc2OC)CN1CC. The van der Waals surface area contributed by atoms with Gasteiger partial charge < -0.3 is 10.1 Å². The molecule has 1 N–H and O–H groups in total. The highest BCUT2D eigenvalue weighted by Crippen LogP contribution is 2.18. The summed E-state index contributed by atoms with van der Waals surface area (Å²) in [7, 11) is 1.58. The monoisotopic (exact) mass is 277 g/mol. The summed E-state index contributed by atoms with van der Waals surface area (Å²) in [4.78, 5) is 12.3. The molecular weight excluding hydrogens is 254 g/mol. The van der Waals surface area contributed by atoms with Crippen molar-refractivity contribution in [2.24, 2.45) is 0 Å². The van der Waals surface area contributed by atoms with Crippen LogP contribution in [0, 0.1) is 0 Å². The number of nitrogens with one attached hydrogen (secondary N) is 1. The van der Waals surface area contributed by atoms with Crippen molar-refractivity contribution >= 4 is 5.91 Å². The summed E-state index contributed by atoms with van der Waals surface area (Å²) in [6, 6.07) is 7.47. The van der Waals surface area contributed by atoms with Gasteiger partial charge in [0.25, 0.3) is 5.91 Å². The number of hydrogen-bond acceptors (Lipinski definition) is 4. The number of amides is 1. The number of ether oxygens (including phenoxy) is 1. The van der Waals surface area contributed by atoms with E-state index in [1.165, 1.54) is 0 Å². The third-order valence-electron chi connectivity index (χ3n) is 3.68. The van der Waals surface area contributed by atoms with Gasteiger partial charge in [-0.25, -0.2) is 10.0 Å². The average molecular weight is 277 g/mol. The van der Waals surface area contributed by atoms with Crippen LogP contribution in [-0.4, -0.2) is 55.3 Å². The molecule has 1 aromatic rings. The minimum atomic E-state index is -0.0681. The molecule has 0 unspecified atom stereocenters. The molecule has 0 atom stereocenters. The molecule has 1 saturated heterocycles. The Balaban J connectivity index is 2.02. The number of methoxy groups -OCH3 is 1. The maximum absolute atomic E-state index is 12.3. The molecule has 1 aliphatic heterocycles. The van der Waals surface area contributed by atoms with Crippen LogP contribution in [0.1, 0.15) is 24.2 Å². The van der Waals surface area contributed by atoms with Gasteiger partial charge in [-0.2, -0.15) is 0 Å². The van der Waals surface area contributed by atoms with Crippen LogP contribution in [0.25, 0.3) is 0 Å². The molecule has 2 rings (SSSR count). The zero-order chi connectivity index (χ0) is 14.5. The Morgan fingerprint density at radius 3 is 2.40 bits per heavy atom. The molecule has 0 saturated carbocycles. The molecule has 5 nitrogen and oxygen atoms in total. The van der Waals surface area contributed by atoms with Crippen LogP contribution in [0.3, 0.4) is 0 Å². The quantitative estimate of drug-likeness (QED) is 0.883. The highest BCUT2D eigenvalue weighted by atomic mass is 16.5. The summed E-state index contributed by atoms with van der Waals surface area (Å²) in [5.74, 6) is 0.546. The number of carbonyl (C=O) groups excluding carboxylic acids is 1. The summed E-state index contributed by atoms with van der Waals surface area (Å²) in [5.41, 5.74) is 0.591. The van der Waals surface area contributed by atoms with E-state index in [4.69, 9.17) is 4.74 Å². The van der Waals surface area contributed by atoms with Gasteiger partial charge in [0.1, 0.15) is 5.75 Å². The molecule has 1 aromatic carbocycles. The van der Waals surface area contributed by atoms with Gasteiger partial charge in [0.2, 0.25) is 0 Å². The van der Waals surface area contributed by atoms with Gasteiger partial charge in [0, 0.05) is 26.2 Å². The van der Waals surface area contributed by atoms with Crippen LogP contribution < -0.4 is 10.1 Å². The van der Waals surface area contributed by atoms with E-state index in [1.54, 1.807) is 19.2 Å². The van der Waals surface area contributed by atoms with Crippen LogP contribution >= 0.6 is 0 Å². The molecule has 110 valence electrons. The average Bonchev–Trinajstić information content (AvgIpc) is 2.89. The maximum Gasteiger partial charge on any atom is 0.255 e. The van der Waals surface area contributed by atoms with Crippen LogP contribution in [0.15, 0.2) is 24.3 Å². The zero-order valence-electron chi connectivity index (χ0n) is 12.4. The van der Waals surface area contributed by atoms with Gasteiger partial charge in [0.15, 0.2) is 0 Å². The number of likely N-dealkylation sites (N-methyl/N-ethyl adjacent to an activating group) is 2. The number of hydrogen-bond donors (Lipinski definition) is 1. The summed E-state index contributed by atoms with van der Waals surface area (Å²) >= 11 is 0. The van der Waals surface area contributed by atoms with Crippen LogP contribution in [0.2, 0.25) is 0 Å². The number of para-hydroxylation sites is 1. The number of hydrazine groups is 1. The fourth-order valence-electron chi connectivity index (χ4n) is 2.64. The van der Waals surface area contributed by atoms with Gasteiger partial charge in [0.05, 0.1) is 18.7 Å². The molecular formula is C15H23N3O2. The highest BCUT2D eigenvalue weighted by Gasteiger charge is 2.29. The summed E-state index contributed by atoms with van der Waals surface area (Å²) in [5, 5.41) is 7.64. The standard InChI is InChI=1S/C15H23N3O2/c1-4-17-10-12(11-18(17)5-2)16-15(19)13-8-6-7-9-14(13)20-3/h6-9,12H,4-5,10-11H2,1-3H3,(H,16,19). The fourth-order valence-corrected chi connectivity index (χ4v) is 2.64. The molecule has 5 heteroatoms. The van der Waals surface area contributed by atoms with E-state index >= 15 is 0 Å². The van der Waals surface area contributed by atoms with E-state index in [0.717, 1.165) is 26.2 Å². The summed E-state index contributed by atoms with van der Waals surface area (Å²) in [6.07, 6.45) is 0. The Bertz CT molecular complexity index is 452. The van der Waals surface area contributed by atoms with Gasteiger partial charge >= 0.3 is 0 Å². The van der Waals surface area contributed by atoms with Crippen molar-refractivity contribution in [3.63, 3.8) is 0 Å². The van der Waals surface area contributed by atoms with E-state index in [9.17, 15) is 4.79 Å². The van der Waals surface area contributed by atoms with Gasteiger partial charge in [-0.3, -0.25) is 4.79 Å². The van der Waals surface area contributed by atoms with Crippen LogP contribution in [-0.2, 0) is 0 Å². The lowest BCUT2D eigenvalue weighted by molar-refractivity contribution is 0.0388. The highest BCUT2D eigenvalue weighted by molar-refractivity contribution is 5.97. The fraction of sp³-hybridized carbons (Fsp3) is 0.533. The van der Waals surface area contributed by atoms with Crippen molar-refractivity contribution in [3.05, 3.63) is 29.8 Å². The minimum Gasteiger partial charge on any atom is -0.496 e. The van der Waals surface area contributed by atoms with E-state index in [2.05, 4.69) is 29.2 Å². The molecule has 1 fully saturated rings. The normalized spacial score (nSPS) is 17.4. The largest absolute Gasteiger partial charge is 0.496 e. The van der Waals surface area contributed by atoms with E-state index in [0.29, 0.717) is 11.3 Å². The third-order valence-corrected chi connectivity index (χ3v) is 3.68. The van der Waals surface area contributed by atoms with Crippen molar-refractivity contribution in [1.82, 2.24) is 15.3 Å². The molecule has 20 heavy (non-hydrogen) atoms. The minimum absolute atomic E-state index is 0.0681. The van der Waals surface area contributed by atoms with Gasteiger partial charge in [-0.05, 0) is 12.1 Å². The Kier molecular flexibility index (Phi) is 4.98. The summed E-state index contributed by atoms with van der Waals surface area (Å²) in [6.45, 7) is 7.93. The predicted molar refractivity (Wildman–Crippen MR) is 78.7 cm³/mol. The smallest absolute Gasteiger partial charge is 0.255 e. The van der Waals surface area contributed by atoms with Crippen LogP contribution in [0.5, 0.6) is 5.75 Å². The van der Waals surface area contributed by atoms with Crippen molar-refractivity contribution in [1.29, 1.82) is 0 Å². The van der Waals surface area contributed by atoms with Gasteiger partial charge in [-0.15, -0.1) is 0 Å². The maximum atomic E-state index is 12.3. The second-order valence-electron chi connectivity index (χ2n) is 4.88. The number of nitrogens with zero attached hydrogens (tertiary/aromatic N) is 2. The number of carbonyl (C=O) groups is 1. The van der Waals surface area contributed by atoms with Gasteiger partial charge in [-0.1, -0.05) is 26.0 Å². The Morgan fingerprint density at radius 2 is 1.85 bits per heavy atom. The first-order chi connectivity index (χ1) is 9.69. The Morgan fingerprint density at radius 1 is 1.25 bits per heavy atom. The van der Waals surface area contributed by atoms with Crippen LogP contribution in [0.4, 0.5) is 0 Å². The molecule has 1 amide bonds. The molecule has 1 aliphatic rings. The van der Waals surface area contributed by atoms with E-state index in [-0.39, 0.29) is 11.9 Å². The third kappa shape index (κ3) is 3.11. The van der Waals surface area contributed by atoms with Crippen molar-refractivity contribution in [3.8, 4) is 5.75 Å². The molecule has 0 radical (unpaired) electrons. The molecule has 0 aromatic heterocycles. The second kappa shape index (κ2) is 6.72. The number of rotatable bonds is 5. The van der Waals surface area contributed by atoms with Crippen molar-refractivity contribution < 1.29 is 9.53 Å². The second-order valence-corrected chi connectivity index (χ2v) is 4.88. The topological polar surface area (TPSA) is 44.8 Å².